The molecule has 2 aromatic carbocycles. The van der Waals surface area contributed by atoms with Crippen LogP contribution in [0.1, 0.15) is 104 Å². The number of primary amides is 1. The molecule has 3 amide bonds. The normalized spacial score (nSPS) is 14.8. The van der Waals surface area contributed by atoms with E-state index >= 15 is 0 Å². The number of aromatic nitrogens is 1. The van der Waals surface area contributed by atoms with E-state index in [9.17, 15) is 9.59 Å². The van der Waals surface area contributed by atoms with Gasteiger partial charge in [0.1, 0.15) is 0 Å². The van der Waals surface area contributed by atoms with Gasteiger partial charge in [0.15, 0.2) is 0 Å². The number of pyridine rings is 1. The Balaban J connectivity index is 1.72. The SMILES string of the molecule is CC(C)c1cccc(C(C)C)c1NC(=O)N(Cc1ccc(C(N)=O)cc1)CC1(c2ccccn2)CCCCC1. The molecule has 0 atom stereocenters. The first kappa shape index (κ1) is 28.3. The molecule has 6 nitrogen and oxygen atoms in total. The minimum Gasteiger partial charge on any atom is -0.366 e. The Morgan fingerprint density at radius 3 is 2.08 bits per heavy atom. The van der Waals surface area contributed by atoms with Gasteiger partial charge in [0.05, 0.1) is 0 Å². The van der Waals surface area contributed by atoms with E-state index in [-0.39, 0.29) is 23.3 Å². The summed E-state index contributed by atoms with van der Waals surface area (Å²) in [6.45, 7) is 9.61. The summed E-state index contributed by atoms with van der Waals surface area (Å²) in [5.41, 5.74) is 10.9. The molecule has 1 heterocycles. The van der Waals surface area contributed by atoms with Crippen molar-refractivity contribution in [3.05, 3.63) is 94.8 Å². The number of rotatable bonds is 9. The Labute approximate surface area is 233 Å². The van der Waals surface area contributed by atoms with E-state index in [1.54, 1.807) is 12.1 Å². The number of urea groups is 1. The van der Waals surface area contributed by atoms with Gasteiger partial charge >= 0.3 is 6.03 Å². The second-order valence-corrected chi connectivity index (χ2v) is 11.5. The number of nitrogens with two attached hydrogens (primary N) is 1. The number of carbonyl (C=O) groups excluding carboxylic acids is 2. The first-order valence-corrected chi connectivity index (χ1v) is 14.2. The Bertz CT molecular complexity index is 1240. The number of nitrogens with one attached hydrogen (secondary N) is 1. The summed E-state index contributed by atoms with van der Waals surface area (Å²) in [6, 6.07) is 19.5. The van der Waals surface area contributed by atoms with E-state index in [4.69, 9.17) is 10.7 Å². The zero-order chi connectivity index (χ0) is 28.0. The van der Waals surface area contributed by atoms with Gasteiger partial charge in [-0.05, 0) is 65.6 Å². The van der Waals surface area contributed by atoms with E-state index in [1.807, 2.05) is 35.4 Å². The van der Waals surface area contributed by atoms with Crippen molar-refractivity contribution in [2.75, 3.05) is 11.9 Å². The number of hydrogen-bond acceptors (Lipinski definition) is 3. The summed E-state index contributed by atoms with van der Waals surface area (Å²) in [5.74, 6) is 0.0815. The highest BCUT2D eigenvalue weighted by molar-refractivity contribution is 5.93. The molecule has 0 aliphatic heterocycles. The fourth-order valence-corrected chi connectivity index (χ4v) is 5.84. The fraction of sp³-hybridized carbons (Fsp3) is 0.424. The van der Waals surface area contributed by atoms with Gasteiger partial charge in [0.25, 0.3) is 0 Å². The van der Waals surface area contributed by atoms with Gasteiger partial charge < -0.3 is 16.0 Å². The van der Waals surface area contributed by atoms with Gasteiger partial charge in [-0.1, -0.05) is 83.4 Å². The van der Waals surface area contributed by atoms with Gasteiger partial charge in [-0.3, -0.25) is 9.78 Å². The predicted molar refractivity (Wildman–Crippen MR) is 158 cm³/mol. The van der Waals surface area contributed by atoms with Crippen LogP contribution in [-0.2, 0) is 12.0 Å². The second kappa shape index (κ2) is 12.5. The van der Waals surface area contributed by atoms with Crippen molar-refractivity contribution in [1.29, 1.82) is 0 Å². The average molecular weight is 527 g/mol. The average Bonchev–Trinajstić information content (AvgIpc) is 2.93. The van der Waals surface area contributed by atoms with Gasteiger partial charge in [0, 0.05) is 41.6 Å². The van der Waals surface area contributed by atoms with Crippen molar-refractivity contribution in [1.82, 2.24) is 9.88 Å². The topological polar surface area (TPSA) is 88.3 Å². The first-order chi connectivity index (χ1) is 18.7. The Morgan fingerprint density at radius 1 is 0.897 bits per heavy atom. The van der Waals surface area contributed by atoms with Crippen LogP contribution in [0, 0.1) is 0 Å². The van der Waals surface area contributed by atoms with Crippen LogP contribution in [0.25, 0.3) is 0 Å². The zero-order valence-corrected chi connectivity index (χ0v) is 23.7. The molecule has 1 aliphatic rings. The van der Waals surface area contributed by atoms with E-state index in [0.29, 0.717) is 18.7 Å². The van der Waals surface area contributed by atoms with Crippen molar-refractivity contribution >= 4 is 17.6 Å². The van der Waals surface area contributed by atoms with Crippen LogP contribution in [0.2, 0.25) is 0 Å². The number of amides is 3. The molecule has 0 unspecified atom stereocenters. The molecule has 1 fully saturated rings. The Morgan fingerprint density at radius 2 is 1.54 bits per heavy atom. The summed E-state index contributed by atoms with van der Waals surface area (Å²) in [4.78, 5) is 32.5. The quantitative estimate of drug-likeness (QED) is 0.305. The smallest absolute Gasteiger partial charge is 0.322 e. The summed E-state index contributed by atoms with van der Waals surface area (Å²) >= 11 is 0. The first-order valence-electron chi connectivity index (χ1n) is 14.2. The van der Waals surface area contributed by atoms with E-state index in [2.05, 4.69) is 57.3 Å². The summed E-state index contributed by atoms with van der Waals surface area (Å²) < 4.78 is 0. The molecule has 6 heteroatoms. The molecule has 1 saturated carbocycles. The molecule has 1 aliphatic carbocycles. The standard InChI is InChI=1S/C33H42N4O2/c1-23(2)27-11-10-12-28(24(3)4)30(27)36-32(39)37(21-25-14-16-26(17-15-25)31(34)38)22-33(18-7-5-8-19-33)29-13-6-9-20-35-29/h6,9-17,20,23-24H,5,7-8,18-19,21-22H2,1-4H3,(H2,34,38)(H,36,39). The molecule has 39 heavy (non-hydrogen) atoms. The number of hydrogen-bond donors (Lipinski definition) is 2. The summed E-state index contributed by atoms with van der Waals surface area (Å²) in [7, 11) is 0. The number of carbonyl (C=O) groups is 2. The van der Waals surface area contributed by atoms with Crippen molar-refractivity contribution in [2.24, 2.45) is 5.73 Å². The van der Waals surface area contributed by atoms with Crippen LogP contribution in [0.3, 0.4) is 0 Å². The lowest BCUT2D eigenvalue weighted by atomic mass is 9.71. The van der Waals surface area contributed by atoms with Crippen molar-refractivity contribution < 1.29 is 9.59 Å². The zero-order valence-electron chi connectivity index (χ0n) is 23.7. The molecule has 0 saturated heterocycles. The van der Waals surface area contributed by atoms with Crippen LogP contribution < -0.4 is 11.1 Å². The predicted octanol–water partition coefficient (Wildman–Crippen LogP) is 7.36. The molecule has 3 aromatic rings. The van der Waals surface area contributed by atoms with Crippen LogP contribution in [0.15, 0.2) is 66.9 Å². The molecule has 4 rings (SSSR count). The van der Waals surface area contributed by atoms with E-state index in [0.717, 1.165) is 53.8 Å². The molecule has 0 spiro atoms. The minimum absolute atomic E-state index is 0.121. The van der Waals surface area contributed by atoms with Crippen molar-refractivity contribution in [3.63, 3.8) is 0 Å². The van der Waals surface area contributed by atoms with Gasteiger partial charge in [-0.15, -0.1) is 0 Å². The molecule has 0 bridgehead atoms. The number of anilines is 1. The van der Waals surface area contributed by atoms with Gasteiger partial charge in [-0.2, -0.15) is 0 Å². The molecule has 206 valence electrons. The second-order valence-electron chi connectivity index (χ2n) is 11.5. The maximum atomic E-state index is 14.2. The highest BCUT2D eigenvalue weighted by Gasteiger charge is 2.38. The molecular formula is C33H42N4O2. The third-order valence-corrected chi connectivity index (χ3v) is 8.02. The van der Waals surface area contributed by atoms with Crippen molar-refractivity contribution in [2.45, 2.75) is 83.6 Å². The Kier molecular flexibility index (Phi) is 9.05. The van der Waals surface area contributed by atoms with Gasteiger partial charge in [0.2, 0.25) is 5.91 Å². The lowest BCUT2D eigenvalue weighted by Gasteiger charge is -2.41. The monoisotopic (exact) mass is 526 g/mol. The third kappa shape index (κ3) is 6.67. The summed E-state index contributed by atoms with van der Waals surface area (Å²) in [6.07, 6.45) is 7.28. The lowest BCUT2D eigenvalue weighted by Crippen LogP contribution is -2.46. The maximum absolute atomic E-state index is 14.2. The van der Waals surface area contributed by atoms with E-state index < -0.39 is 5.91 Å². The third-order valence-electron chi connectivity index (χ3n) is 8.02. The van der Waals surface area contributed by atoms with E-state index in [1.165, 1.54) is 6.42 Å². The molecule has 0 radical (unpaired) electrons. The fourth-order valence-electron chi connectivity index (χ4n) is 5.84. The highest BCUT2D eigenvalue weighted by atomic mass is 16.2. The largest absolute Gasteiger partial charge is 0.366 e. The number of nitrogens with zero attached hydrogens (tertiary/aromatic N) is 2. The molecule has 1 aromatic heterocycles. The van der Waals surface area contributed by atoms with Gasteiger partial charge in [-0.25, -0.2) is 4.79 Å². The molecular weight excluding hydrogens is 484 g/mol. The summed E-state index contributed by atoms with van der Waals surface area (Å²) in [5, 5.41) is 3.34. The number of para-hydroxylation sites is 1. The minimum atomic E-state index is -0.459. The number of benzene rings is 2. The van der Waals surface area contributed by atoms with Crippen LogP contribution in [0.5, 0.6) is 0 Å². The van der Waals surface area contributed by atoms with Crippen LogP contribution in [0.4, 0.5) is 10.5 Å². The maximum Gasteiger partial charge on any atom is 0.322 e. The lowest BCUT2D eigenvalue weighted by molar-refractivity contribution is 0.1000. The molecule has 3 N–H and O–H groups in total. The van der Waals surface area contributed by atoms with Crippen LogP contribution >= 0.6 is 0 Å². The van der Waals surface area contributed by atoms with Crippen LogP contribution in [-0.4, -0.2) is 28.4 Å². The Hall–Kier alpha value is -3.67. The highest BCUT2D eigenvalue weighted by Crippen LogP contribution is 2.40. The van der Waals surface area contributed by atoms with Crippen molar-refractivity contribution in [3.8, 4) is 0 Å².